The van der Waals surface area contributed by atoms with E-state index in [9.17, 15) is 9.59 Å². The molecule has 1 unspecified atom stereocenters. The van der Waals surface area contributed by atoms with Crippen LogP contribution in [-0.2, 0) is 4.79 Å². The van der Waals surface area contributed by atoms with Gasteiger partial charge >= 0.3 is 31.1 Å². The van der Waals surface area contributed by atoms with E-state index in [-0.39, 0.29) is 44.4 Å². The van der Waals surface area contributed by atoms with Crippen LogP contribution < -0.4 is 0 Å². The van der Waals surface area contributed by atoms with Crippen molar-refractivity contribution in [2.45, 2.75) is 113 Å². The minimum Gasteiger partial charge on any atom is -0.358 e. The molecule has 1 atom stereocenters. The van der Waals surface area contributed by atoms with Gasteiger partial charge in [0.2, 0.25) is 6.41 Å². The number of aryl methyl sites for hydroxylation is 2. The number of benzene rings is 2. The van der Waals surface area contributed by atoms with E-state index in [2.05, 4.69) is 47.6 Å². The molecule has 214 valence electrons. The average molecular weight is 750 g/mol. The number of carbonyl (C=O) groups excluding carboxylic acids is 2. The Bertz CT molecular complexity index is 762. The summed E-state index contributed by atoms with van der Waals surface area (Å²) in [7, 11) is 0. The van der Waals surface area contributed by atoms with Crippen LogP contribution in [0.15, 0.2) is 48.5 Å². The van der Waals surface area contributed by atoms with Crippen molar-refractivity contribution in [2.24, 2.45) is 5.92 Å². The van der Waals surface area contributed by atoms with Crippen molar-refractivity contribution in [1.29, 1.82) is 0 Å². The predicted octanol–water partition coefficient (Wildman–Crippen LogP) is 10.1. The van der Waals surface area contributed by atoms with Gasteiger partial charge in [-0.15, -0.1) is 0 Å². The number of imide groups is 1. The third-order valence-electron chi connectivity index (χ3n) is 5.88. The molecule has 0 heterocycles. The van der Waals surface area contributed by atoms with Gasteiger partial charge in [-0.25, -0.2) is 0 Å². The number of amides is 2. The predicted molar refractivity (Wildman–Crippen MR) is 164 cm³/mol. The molecule has 0 N–H and O–H groups in total. The van der Waals surface area contributed by atoms with Crippen molar-refractivity contribution >= 4 is 12.3 Å². The van der Waals surface area contributed by atoms with Gasteiger partial charge in [-0.05, 0) is 30.9 Å². The zero-order valence-corrected chi connectivity index (χ0v) is 30.3. The first-order valence-electron chi connectivity index (χ1n) is 14.1. The topological polar surface area (TPSA) is 37.4 Å². The van der Waals surface area contributed by atoms with Crippen LogP contribution in [0, 0.1) is 64.4 Å². The number of hydrogen-bond donors (Lipinski definition) is 0. The summed E-state index contributed by atoms with van der Waals surface area (Å²) in [5, 5.41) is 0. The van der Waals surface area contributed by atoms with E-state index in [0.717, 1.165) is 30.7 Å². The summed E-state index contributed by atoms with van der Waals surface area (Å²) in [5.41, 5.74) is 2.71. The quantitative estimate of drug-likeness (QED) is 0.130. The fraction of sp³-hybridized carbons (Fsp3) is 0.559. The molecule has 0 aromatic heterocycles. The van der Waals surface area contributed by atoms with Gasteiger partial charge in [0.15, 0.2) is 0 Å². The second-order valence-corrected chi connectivity index (χ2v) is 9.33. The summed E-state index contributed by atoms with van der Waals surface area (Å²) in [6.45, 7) is 17.7. The van der Waals surface area contributed by atoms with Gasteiger partial charge in [-0.1, -0.05) is 118 Å². The zero-order chi connectivity index (χ0) is 27.6. The Labute approximate surface area is 261 Å². The van der Waals surface area contributed by atoms with Gasteiger partial charge in [0.1, 0.15) is 0 Å². The van der Waals surface area contributed by atoms with Crippen molar-refractivity contribution in [1.82, 2.24) is 4.90 Å². The first-order chi connectivity index (χ1) is 17.3. The number of hydrogen-bond acceptors (Lipinski definition) is 2. The maximum Gasteiger partial charge on any atom is 2.00 e. The van der Waals surface area contributed by atoms with Gasteiger partial charge in [-0.2, -0.15) is 35.9 Å². The summed E-state index contributed by atoms with van der Waals surface area (Å²) < 4.78 is 0. The zero-order valence-electron chi connectivity index (χ0n) is 26.1. The summed E-state index contributed by atoms with van der Waals surface area (Å²) in [6, 6.07) is 18.3. The minimum absolute atomic E-state index is 0. The molecule has 0 aliphatic carbocycles. The van der Waals surface area contributed by atoms with Crippen molar-refractivity contribution in [3.8, 4) is 0 Å². The molecule has 0 saturated heterocycles. The van der Waals surface area contributed by atoms with E-state index in [1.165, 1.54) is 49.0 Å². The van der Waals surface area contributed by atoms with Crippen LogP contribution in [0.25, 0.3) is 0 Å². The van der Waals surface area contributed by atoms with Gasteiger partial charge in [-0.3, -0.25) is 14.5 Å². The molecule has 0 aliphatic rings. The van der Waals surface area contributed by atoms with E-state index in [1.54, 1.807) is 6.07 Å². The molecule has 0 radical (unpaired) electrons. The number of unbranched alkanes of at least 4 members (excludes halogenated alkanes) is 4. The molecule has 2 amide bonds. The molecule has 0 aliphatic heterocycles. The molecule has 0 fully saturated rings. The minimum atomic E-state index is -0.200. The SMILES string of the molecule is CCCC.CCCCC(C)CC.CCCCCN(C=O)C(=O)c1ccccc1C.Cc1[c-]cccc1.[CH3-].[U+2]. The molecule has 0 saturated carbocycles. The Hall–Kier alpha value is -1.37. The molecule has 0 bridgehead atoms. The fourth-order valence-electron chi connectivity index (χ4n) is 2.94. The molecule has 0 spiro atoms. The Morgan fingerprint density at radius 2 is 1.45 bits per heavy atom. The van der Waals surface area contributed by atoms with Crippen molar-refractivity contribution in [3.63, 3.8) is 0 Å². The van der Waals surface area contributed by atoms with Crippen molar-refractivity contribution < 1.29 is 40.7 Å². The molecule has 4 heteroatoms. The third kappa shape index (κ3) is 24.9. The smallest absolute Gasteiger partial charge is 0.358 e. The Morgan fingerprint density at radius 1 is 0.868 bits per heavy atom. The largest absolute Gasteiger partial charge is 2.00 e. The van der Waals surface area contributed by atoms with Gasteiger partial charge < -0.3 is 7.43 Å². The van der Waals surface area contributed by atoms with Crippen LogP contribution in [0.3, 0.4) is 0 Å². The van der Waals surface area contributed by atoms with E-state index in [0.29, 0.717) is 18.5 Å². The van der Waals surface area contributed by atoms with Gasteiger partial charge in [0.05, 0.1) is 0 Å². The van der Waals surface area contributed by atoms with Crippen LogP contribution in [-0.4, -0.2) is 23.8 Å². The number of carbonyl (C=O) groups is 2. The van der Waals surface area contributed by atoms with Crippen LogP contribution in [0.2, 0.25) is 0 Å². The van der Waals surface area contributed by atoms with E-state index in [4.69, 9.17) is 0 Å². The normalized spacial score (nSPS) is 9.79. The summed E-state index contributed by atoms with van der Waals surface area (Å²) in [5.74, 6) is 0.754. The van der Waals surface area contributed by atoms with Crippen LogP contribution in [0.4, 0.5) is 0 Å². The number of rotatable bonds is 11. The van der Waals surface area contributed by atoms with Crippen molar-refractivity contribution in [3.05, 3.63) is 78.7 Å². The second-order valence-electron chi connectivity index (χ2n) is 9.33. The first-order valence-corrected chi connectivity index (χ1v) is 14.1. The summed E-state index contributed by atoms with van der Waals surface area (Å²) in [6.07, 6.45) is 11.8. The first kappa shape index (κ1) is 43.7. The Balaban J connectivity index is -0.000000231. The average Bonchev–Trinajstić information content (AvgIpc) is 2.91. The Morgan fingerprint density at radius 3 is 1.84 bits per heavy atom. The molecular weight excluding hydrogens is 692 g/mol. The summed E-state index contributed by atoms with van der Waals surface area (Å²) in [4.78, 5) is 24.3. The number of nitrogens with zero attached hydrogens (tertiary/aromatic N) is 1. The van der Waals surface area contributed by atoms with Crippen molar-refractivity contribution in [2.75, 3.05) is 6.54 Å². The third-order valence-corrected chi connectivity index (χ3v) is 5.88. The molecular formula is C34H57NO2U. The monoisotopic (exact) mass is 749 g/mol. The van der Waals surface area contributed by atoms with E-state index < -0.39 is 0 Å². The molecule has 3 nitrogen and oxygen atoms in total. The molecule has 2 rings (SSSR count). The standard InChI is InChI=1S/C14H19NO2.C8H18.C7H7.C4H10.CH3.U/c1-3-4-7-10-15(11-16)14(17)13-9-6-5-8-12(13)2;1-4-6-7-8(3)5-2;1-7-5-3-2-4-6-7;1-3-4-2;;/h5-6,8-9,11H,3-4,7,10H2,1-2H3;8H,4-7H2,1-3H3;2-5H,1H3;3-4H2,1-2H3;1H3;/q;;-1;;-1;+2. The summed E-state index contributed by atoms with van der Waals surface area (Å²) >= 11 is 0. The fourth-order valence-corrected chi connectivity index (χ4v) is 2.94. The van der Waals surface area contributed by atoms with Crippen LogP contribution in [0.5, 0.6) is 0 Å². The van der Waals surface area contributed by atoms with E-state index >= 15 is 0 Å². The molecule has 38 heavy (non-hydrogen) atoms. The Kier molecular flexibility index (Phi) is 36.6. The van der Waals surface area contributed by atoms with Gasteiger partial charge in [0.25, 0.3) is 5.91 Å². The van der Waals surface area contributed by atoms with E-state index in [1.807, 2.05) is 56.3 Å². The van der Waals surface area contributed by atoms with Crippen LogP contribution >= 0.6 is 0 Å². The maximum absolute atomic E-state index is 12.1. The maximum atomic E-state index is 12.1. The molecule has 2 aromatic carbocycles. The van der Waals surface area contributed by atoms with Crippen LogP contribution in [0.1, 0.15) is 121 Å². The second kappa shape index (κ2) is 31.8. The molecule has 2 aromatic rings. The van der Waals surface area contributed by atoms with Gasteiger partial charge in [0, 0.05) is 12.1 Å².